The summed E-state index contributed by atoms with van der Waals surface area (Å²) in [5, 5.41) is 0. The molecule has 5 nitrogen and oxygen atoms in total. The van der Waals surface area contributed by atoms with Gasteiger partial charge < -0.3 is 14.2 Å². The molecule has 122 valence electrons. The summed E-state index contributed by atoms with van der Waals surface area (Å²) >= 11 is 0. The Morgan fingerprint density at radius 1 is 1.05 bits per heavy atom. The summed E-state index contributed by atoms with van der Waals surface area (Å²) in [4.78, 5) is 23.0. The highest BCUT2D eigenvalue weighted by Gasteiger charge is 2.07. The molecule has 0 radical (unpaired) electrons. The van der Waals surface area contributed by atoms with Gasteiger partial charge in [-0.05, 0) is 30.5 Å². The summed E-state index contributed by atoms with van der Waals surface area (Å²) in [6.45, 7) is 2.69. The Morgan fingerprint density at radius 3 is 2.45 bits per heavy atom. The summed E-state index contributed by atoms with van der Waals surface area (Å²) in [5.41, 5.74) is 0.867. The fraction of sp³-hybridized carbons (Fsp3) is 0.529. The van der Waals surface area contributed by atoms with Gasteiger partial charge in [0.1, 0.15) is 12.4 Å². The molecule has 0 aliphatic carbocycles. The Bertz CT molecular complexity index is 470. The minimum absolute atomic E-state index is 0.205. The van der Waals surface area contributed by atoms with E-state index in [9.17, 15) is 9.59 Å². The lowest BCUT2D eigenvalue weighted by Gasteiger charge is -2.07. The molecule has 1 rings (SSSR count). The third-order valence-electron chi connectivity index (χ3n) is 3.06. The van der Waals surface area contributed by atoms with Gasteiger partial charge in [0.05, 0.1) is 13.7 Å². The predicted molar refractivity (Wildman–Crippen MR) is 82.5 cm³/mol. The van der Waals surface area contributed by atoms with Crippen LogP contribution in [0.3, 0.4) is 0 Å². The minimum atomic E-state index is -0.316. The Labute approximate surface area is 131 Å². The third kappa shape index (κ3) is 7.67. The van der Waals surface area contributed by atoms with E-state index < -0.39 is 0 Å². The lowest BCUT2D eigenvalue weighted by atomic mass is 10.2. The molecule has 0 fully saturated rings. The molecule has 0 atom stereocenters. The fourth-order valence-electron chi connectivity index (χ4n) is 1.78. The molecule has 5 heteroatoms. The average molecular weight is 308 g/mol. The highest BCUT2D eigenvalue weighted by Crippen LogP contribution is 2.13. The zero-order chi connectivity index (χ0) is 16.2. The highest BCUT2D eigenvalue weighted by atomic mass is 16.5. The molecule has 1 aromatic rings. The maximum Gasteiger partial charge on any atom is 0.306 e. The topological polar surface area (TPSA) is 61.8 Å². The second-order valence-corrected chi connectivity index (χ2v) is 4.94. The zero-order valence-corrected chi connectivity index (χ0v) is 13.3. The molecule has 0 unspecified atom stereocenters. The van der Waals surface area contributed by atoms with Gasteiger partial charge in [-0.2, -0.15) is 0 Å². The molecular weight excluding hydrogens is 284 g/mol. The van der Waals surface area contributed by atoms with Gasteiger partial charge in [-0.25, -0.2) is 0 Å². The Balaban J connectivity index is 2.16. The SMILES string of the molecule is CCCCOC(=O)CCCC(=O)OCc1cccc(OC)c1. The van der Waals surface area contributed by atoms with E-state index in [-0.39, 0.29) is 31.4 Å². The maximum atomic E-state index is 11.6. The molecule has 0 saturated heterocycles. The van der Waals surface area contributed by atoms with Crippen LogP contribution in [-0.4, -0.2) is 25.7 Å². The lowest BCUT2D eigenvalue weighted by molar-refractivity contribution is -0.146. The lowest BCUT2D eigenvalue weighted by Crippen LogP contribution is -2.08. The van der Waals surface area contributed by atoms with Crippen LogP contribution in [0.1, 0.15) is 44.6 Å². The summed E-state index contributed by atoms with van der Waals surface area (Å²) in [6, 6.07) is 7.35. The van der Waals surface area contributed by atoms with E-state index in [1.807, 2.05) is 31.2 Å². The van der Waals surface area contributed by atoms with Gasteiger partial charge >= 0.3 is 11.9 Å². The molecule has 0 aliphatic rings. The van der Waals surface area contributed by atoms with Gasteiger partial charge in [0.15, 0.2) is 0 Å². The Kier molecular flexibility index (Phi) is 8.72. The van der Waals surface area contributed by atoms with Crippen LogP contribution in [0.15, 0.2) is 24.3 Å². The van der Waals surface area contributed by atoms with E-state index >= 15 is 0 Å². The molecule has 0 amide bonds. The van der Waals surface area contributed by atoms with Crippen molar-refractivity contribution in [1.82, 2.24) is 0 Å². The van der Waals surface area contributed by atoms with Gasteiger partial charge in [0.2, 0.25) is 0 Å². The molecule has 0 bridgehead atoms. The van der Waals surface area contributed by atoms with Gasteiger partial charge in [-0.3, -0.25) is 9.59 Å². The number of benzene rings is 1. The number of unbranched alkanes of at least 4 members (excludes halogenated alkanes) is 1. The van der Waals surface area contributed by atoms with E-state index in [2.05, 4.69) is 0 Å². The number of carbonyl (C=O) groups is 2. The third-order valence-corrected chi connectivity index (χ3v) is 3.06. The van der Waals surface area contributed by atoms with Crippen molar-refractivity contribution in [2.45, 2.75) is 45.6 Å². The van der Waals surface area contributed by atoms with Crippen LogP contribution >= 0.6 is 0 Å². The second kappa shape index (κ2) is 10.7. The summed E-state index contributed by atoms with van der Waals surface area (Å²) in [7, 11) is 1.59. The molecule has 22 heavy (non-hydrogen) atoms. The van der Waals surface area contributed by atoms with Crippen LogP contribution in [0.5, 0.6) is 5.75 Å². The predicted octanol–water partition coefficient (Wildman–Crippen LogP) is 3.25. The largest absolute Gasteiger partial charge is 0.497 e. The minimum Gasteiger partial charge on any atom is -0.497 e. The first-order chi connectivity index (χ1) is 10.7. The van der Waals surface area contributed by atoms with Crippen LogP contribution in [-0.2, 0) is 25.7 Å². The highest BCUT2D eigenvalue weighted by molar-refractivity contribution is 5.72. The first kappa shape index (κ1) is 18.0. The van der Waals surface area contributed by atoms with Crippen molar-refractivity contribution in [3.05, 3.63) is 29.8 Å². The summed E-state index contributed by atoms with van der Waals surface area (Å²) < 4.78 is 15.3. The maximum absolute atomic E-state index is 11.6. The summed E-state index contributed by atoms with van der Waals surface area (Å²) in [6.07, 6.45) is 2.77. The van der Waals surface area contributed by atoms with E-state index in [0.717, 1.165) is 24.2 Å². The molecule has 0 aliphatic heterocycles. The smallest absolute Gasteiger partial charge is 0.306 e. The Morgan fingerprint density at radius 2 is 1.77 bits per heavy atom. The number of hydrogen-bond acceptors (Lipinski definition) is 5. The van der Waals surface area contributed by atoms with Crippen molar-refractivity contribution in [2.24, 2.45) is 0 Å². The first-order valence-electron chi connectivity index (χ1n) is 7.60. The Hall–Kier alpha value is -2.04. The van der Waals surface area contributed by atoms with E-state index in [4.69, 9.17) is 14.2 Å². The number of ether oxygens (including phenoxy) is 3. The second-order valence-electron chi connectivity index (χ2n) is 4.94. The van der Waals surface area contributed by atoms with Crippen molar-refractivity contribution in [1.29, 1.82) is 0 Å². The van der Waals surface area contributed by atoms with Crippen LogP contribution in [0.4, 0.5) is 0 Å². The molecule has 1 aromatic carbocycles. The zero-order valence-electron chi connectivity index (χ0n) is 13.3. The molecule has 0 saturated carbocycles. The number of hydrogen-bond donors (Lipinski definition) is 0. The van der Waals surface area contributed by atoms with Crippen molar-refractivity contribution in [3.8, 4) is 5.75 Å². The van der Waals surface area contributed by atoms with Gasteiger partial charge in [0, 0.05) is 12.8 Å². The van der Waals surface area contributed by atoms with Crippen molar-refractivity contribution in [3.63, 3.8) is 0 Å². The van der Waals surface area contributed by atoms with E-state index in [0.29, 0.717) is 13.0 Å². The van der Waals surface area contributed by atoms with Gasteiger partial charge in [0.25, 0.3) is 0 Å². The fourth-order valence-corrected chi connectivity index (χ4v) is 1.78. The molecule has 0 heterocycles. The molecule has 0 spiro atoms. The van der Waals surface area contributed by atoms with Gasteiger partial charge in [-0.1, -0.05) is 25.5 Å². The number of methoxy groups -OCH3 is 1. The van der Waals surface area contributed by atoms with Crippen molar-refractivity contribution >= 4 is 11.9 Å². The number of carbonyl (C=O) groups excluding carboxylic acids is 2. The molecule has 0 N–H and O–H groups in total. The van der Waals surface area contributed by atoms with Crippen LogP contribution in [0, 0.1) is 0 Å². The van der Waals surface area contributed by atoms with E-state index in [1.54, 1.807) is 7.11 Å². The van der Waals surface area contributed by atoms with Crippen molar-refractivity contribution in [2.75, 3.05) is 13.7 Å². The van der Waals surface area contributed by atoms with Gasteiger partial charge in [-0.15, -0.1) is 0 Å². The average Bonchev–Trinajstić information content (AvgIpc) is 2.53. The summed E-state index contributed by atoms with van der Waals surface area (Å²) in [5.74, 6) is 0.154. The van der Waals surface area contributed by atoms with E-state index in [1.165, 1.54) is 0 Å². The standard InChI is InChI=1S/C17H24O5/c1-3-4-11-21-16(18)9-6-10-17(19)22-13-14-7-5-8-15(12-14)20-2/h5,7-8,12H,3-4,6,9-11,13H2,1-2H3. The number of rotatable bonds is 10. The number of esters is 2. The van der Waals surface area contributed by atoms with Crippen molar-refractivity contribution < 1.29 is 23.8 Å². The normalized spacial score (nSPS) is 10.1. The first-order valence-corrected chi connectivity index (χ1v) is 7.60. The van der Waals surface area contributed by atoms with Crippen LogP contribution in [0.2, 0.25) is 0 Å². The van der Waals surface area contributed by atoms with Crippen LogP contribution < -0.4 is 4.74 Å². The van der Waals surface area contributed by atoms with Crippen LogP contribution in [0.25, 0.3) is 0 Å². The monoisotopic (exact) mass is 308 g/mol. The molecule has 0 aromatic heterocycles. The molecular formula is C17H24O5. The quantitative estimate of drug-likeness (QED) is 0.490.